The van der Waals surface area contributed by atoms with Gasteiger partial charge >= 0.3 is 0 Å². The van der Waals surface area contributed by atoms with Crippen molar-refractivity contribution in [2.75, 3.05) is 11.9 Å². The zero-order chi connectivity index (χ0) is 12.3. The molecule has 2 rings (SSSR count). The van der Waals surface area contributed by atoms with Crippen molar-refractivity contribution in [1.82, 2.24) is 5.32 Å². The highest BCUT2D eigenvalue weighted by atomic mass is 35.5. The molecule has 0 aromatic heterocycles. The minimum atomic E-state index is -0.472. The summed E-state index contributed by atoms with van der Waals surface area (Å²) in [6, 6.07) is 6.44. The first-order valence-corrected chi connectivity index (χ1v) is 5.61. The molecule has 6 heteroatoms. The Labute approximate surface area is 112 Å². The van der Waals surface area contributed by atoms with Crippen molar-refractivity contribution in [1.29, 1.82) is 0 Å². The lowest BCUT2D eigenvalue weighted by molar-refractivity contribution is -0.117. The summed E-state index contributed by atoms with van der Waals surface area (Å²) >= 11 is 0. The lowest BCUT2D eigenvalue weighted by atomic mass is 10.2. The predicted molar refractivity (Wildman–Crippen MR) is 71.9 cm³/mol. The van der Waals surface area contributed by atoms with Gasteiger partial charge in [-0.2, -0.15) is 0 Å². The van der Waals surface area contributed by atoms with Gasteiger partial charge in [0.2, 0.25) is 11.8 Å². The number of halogens is 1. The number of amides is 2. The Morgan fingerprint density at radius 1 is 1.28 bits per heavy atom. The van der Waals surface area contributed by atoms with E-state index in [1.54, 1.807) is 24.3 Å². The van der Waals surface area contributed by atoms with Gasteiger partial charge in [0.05, 0.1) is 6.04 Å². The summed E-state index contributed by atoms with van der Waals surface area (Å²) in [4.78, 5) is 22.6. The Bertz CT molecular complexity index is 427. The van der Waals surface area contributed by atoms with Crippen molar-refractivity contribution in [2.45, 2.75) is 18.9 Å². The van der Waals surface area contributed by atoms with Crippen LogP contribution in [0.15, 0.2) is 24.3 Å². The third-order valence-electron chi connectivity index (χ3n) is 2.81. The van der Waals surface area contributed by atoms with E-state index in [9.17, 15) is 9.59 Å². The van der Waals surface area contributed by atoms with Gasteiger partial charge in [-0.05, 0) is 43.7 Å². The normalized spacial score (nSPS) is 17.9. The third kappa shape index (κ3) is 3.45. The number of nitrogens with two attached hydrogens (primary N) is 1. The van der Waals surface area contributed by atoms with E-state index in [-0.39, 0.29) is 24.4 Å². The predicted octanol–water partition coefficient (Wildman–Crippen LogP) is 0.898. The Morgan fingerprint density at radius 3 is 2.44 bits per heavy atom. The number of carbonyl (C=O) groups excluding carboxylic acids is 2. The summed E-state index contributed by atoms with van der Waals surface area (Å²) in [5, 5.41) is 5.92. The van der Waals surface area contributed by atoms with Gasteiger partial charge in [0.15, 0.2) is 0 Å². The van der Waals surface area contributed by atoms with Crippen LogP contribution in [-0.2, 0) is 4.79 Å². The van der Waals surface area contributed by atoms with Gasteiger partial charge in [-0.3, -0.25) is 9.59 Å². The molecule has 1 aromatic carbocycles. The third-order valence-corrected chi connectivity index (χ3v) is 2.81. The summed E-state index contributed by atoms with van der Waals surface area (Å²) in [6.07, 6.45) is 1.89. The fraction of sp³-hybridized carbons (Fsp3) is 0.333. The first-order valence-electron chi connectivity index (χ1n) is 5.61. The molecule has 1 atom stereocenters. The molecule has 1 aliphatic heterocycles. The van der Waals surface area contributed by atoms with Gasteiger partial charge < -0.3 is 16.4 Å². The molecule has 5 nitrogen and oxygen atoms in total. The molecule has 0 spiro atoms. The van der Waals surface area contributed by atoms with Crippen LogP contribution < -0.4 is 16.4 Å². The molecule has 1 heterocycles. The topological polar surface area (TPSA) is 84.2 Å². The highest BCUT2D eigenvalue weighted by molar-refractivity contribution is 5.96. The van der Waals surface area contributed by atoms with Crippen molar-refractivity contribution in [3.05, 3.63) is 29.8 Å². The van der Waals surface area contributed by atoms with Gasteiger partial charge in [0.25, 0.3) is 0 Å². The minimum Gasteiger partial charge on any atom is -0.366 e. The van der Waals surface area contributed by atoms with Crippen LogP contribution in [0.4, 0.5) is 5.69 Å². The molecule has 98 valence electrons. The molecule has 18 heavy (non-hydrogen) atoms. The zero-order valence-electron chi connectivity index (χ0n) is 9.81. The lowest BCUT2D eigenvalue weighted by Crippen LogP contribution is -2.35. The van der Waals surface area contributed by atoms with Crippen LogP contribution in [0.25, 0.3) is 0 Å². The van der Waals surface area contributed by atoms with E-state index in [1.807, 2.05) is 0 Å². The standard InChI is InChI=1S/C12H15N3O2.ClH/c13-11(16)8-3-5-9(6-4-8)15-12(17)10-2-1-7-14-10;/h3-6,10,14H,1-2,7H2,(H2,13,16)(H,15,17);1H/t10-;/m0./s1. The second kappa shape index (κ2) is 6.37. The number of nitrogens with one attached hydrogen (secondary N) is 2. The Kier molecular flexibility index (Phi) is 5.12. The molecule has 4 N–H and O–H groups in total. The average molecular weight is 270 g/mol. The molecule has 1 fully saturated rings. The average Bonchev–Trinajstić information content (AvgIpc) is 2.83. The van der Waals surface area contributed by atoms with Crippen molar-refractivity contribution in [3.63, 3.8) is 0 Å². The molecule has 0 aliphatic carbocycles. The summed E-state index contributed by atoms with van der Waals surface area (Å²) in [7, 11) is 0. The zero-order valence-corrected chi connectivity index (χ0v) is 10.6. The molecule has 1 saturated heterocycles. The van der Waals surface area contributed by atoms with E-state index in [1.165, 1.54) is 0 Å². The quantitative estimate of drug-likeness (QED) is 0.762. The van der Waals surface area contributed by atoms with Crippen LogP contribution in [-0.4, -0.2) is 24.4 Å². The summed E-state index contributed by atoms with van der Waals surface area (Å²) in [5.74, 6) is -0.505. The summed E-state index contributed by atoms with van der Waals surface area (Å²) in [5.41, 5.74) is 6.24. The van der Waals surface area contributed by atoms with Crippen LogP contribution in [0.3, 0.4) is 0 Å². The van der Waals surface area contributed by atoms with E-state index in [0.717, 1.165) is 19.4 Å². The number of benzene rings is 1. The second-order valence-corrected chi connectivity index (χ2v) is 4.08. The van der Waals surface area contributed by atoms with Crippen molar-refractivity contribution >= 4 is 29.9 Å². The smallest absolute Gasteiger partial charge is 0.248 e. The second-order valence-electron chi connectivity index (χ2n) is 4.08. The number of hydrogen-bond acceptors (Lipinski definition) is 3. The Morgan fingerprint density at radius 2 is 1.94 bits per heavy atom. The van der Waals surface area contributed by atoms with Gasteiger partial charge in [-0.15, -0.1) is 12.4 Å². The fourth-order valence-corrected chi connectivity index (χ4v) is 1.86. The first kappa shape index (κ1) is 14.5. The first-order chi connectivity index (χ1) is 8.16. The highest BCUT2D eigenvalue weighted by Crippen LogP contribution is 2.12. The van der Waals surface area contributed by atoms with E-state index < -0.39 is 5.91 Å². The van der Waals surface area contributed by atoms with E-state index in [4.69, 9.17) is 5.73 Å². The van der Waals surface area contributed by atoms with Crippen LogP contribution in [0.2, 0.25) is 0 Å². The SMILES string of the molecule is Cl.NC(=O)c1ccc(NC(=O)[C@@H]2CCCN2)cc1. The molecule has 1 aliphatic rings. The van der Waals surface area contributed by atoms with Crippen molar-refractivity contribution < 1.29 is 9.59 Å². The molecule has 0 radical (unpaired) electrons. The largest absolute Gasteiger partial charge is 0.366 e. The molecule has 2 amide bonds. The van der Waals surface area contributed by atoms with Crippen molar-refractivity contribution in [3.8, 4) is 0 Å². The van der Waals surface area contributed by atoms with Gasteiger partial charge in [-0.1, -0.05) is 0 Å². The number of hydrogen-bond donors (Lipinski definition) is 3. The lowest BCUT2D eigenvalue weighted by Gasteiger charge is -2.11. The van der Waals surface area contributed by atoms with E-state index in [2.05, 4.69) is 10.6 Å². The molecule has 1 aromatic rings. The molecule has 0 saturated carbocycles. The van der Waals surface area contributed by atoms with Crippen molar-refractivity contribution in [2.24, 2.45) is 5.73 Å². The van der Waals surface area contributed by atoms with E-state index >= 15 is 0 Å². The van der Waals surface area contributed by atoms with Crippen LogP contribution in [0.5, 0.6) is 0 Å². The Balaban J connectivity index is 0.00000162. The monoisotopic (exact) mass is 269 g/mol. The number of primary amides is 1. The van der Waals surface area contributed by atoms with Gasteiger partial charge in [-0.25, -0.2) is 0 Å². The maximum atomic E-state index is 11.8. The maximum absolute atomic E-state index is 11.8. The minimum absolute atomic E-state index is 0. The molecular formula is C12H16ClN3O2. The molecular weight excluding hydrogens is 254 g/mol. The summed E-state index contributed by atoms with van der Waals surface area (Å²) < 4.78 is 0. The van der Waals surface area contributed by atoms with Crippen LogP contribution >= 0.6 is 12.4 Å². The maximum Gasteiger partial charge on any atom is 0.248 e. The van der Waals surface area contributed by atoms with Gasteiger partial charge in [0, 0.05) is 11.3 Å². The van der Waals surface area contributed by atoms with Crippen LogP contribution in [0.1, 0.15) is 23.2 Å². The molecule has 0 bridgehead atoms. The van der Waals surface area contributed by atoms with E-state index in [0.29, 0.717) is 11.3 Å². The summed E-state index contributed by atoms with van der Waals surface area (Å²) in [6.45, 7) is 0.888. The molecule has 0 unspecified atom stereocenters. The van der Waals surface area contributed by atoms with Crippen LogP contribution in [0, 0.1) is 0 Å². The number of rotatable bonds is 3. The highest BCUT2D eigenvalue weighted by Gasteiger charge is 2.21. The number of carbonyl (C=O) groups is 2. The number of anilines is 1. The fourth-order valence-electron chi connectivity index (χ4n) is 1.86. The Hall–Kier alpha value is -1.59. The van der Waals surface area contributed by atoms with Gasteiger partial charge in [0.1, 0.15) is 0 Å².